The van der Waals surface area contributed by atoms with Crippen LogP contribution < -0.4 is 0 Å². The maximum Gasteiger partial charge on any atom is 0.373 e. The number of hydrogen-bond acceptors (Lipinski definition) is 3. The lowest BCUT2D eigenvalue weighted by molar-refractivity contribution is 0.0660. The van der Waals surface area contributed by atoms with Gasteiger partial charge in [0.2, 0.25) is 5.76 Å². The van der Waals surface area contributed by atoms with E-state index in [4.69, 9.17) is 9.52 Å². The quantitative estimate of drug-likeness (QED) is 0.802. The van der Waals surface area contributed by atoms with Crippen LogP contribution in [0.4, 0.5) is 0 Å². The van der Waals surface area contributed by atoms with Gasteiger partial charge in [0.15, 0.2) is 5.89 Å². The molecule has 0 unspecified atom stereocenters. The summed E-state index contributed by atoms with van der Waals surface area (Å²) in [6.07, 6.45) is 7.05. The molecule has 0 radical (unpaired) electrons. The molecule has 0 spiro atoms. The van der Waals surface area contributed by atoms with Gasteiger partial charge in [0.25, 0.3) is 0 Å². The fraction of sp³-hybridized carbons (Fsp3) is 0.600. The van der Waals surface area contributed by atoms with Crippen molar-refractivity contribution in [2.24, 2.45) is 5.92 Å². The topological polar surface area (TPSA) is 63.3 Å². The molecule has 0 aromatic carbocycles. The average Bonchev–Trinajstić information content (AvgIpc) is 2.75. The van der Waals surface area contributed by atoms with Gasteiger partial charge in [-0.15, -0.1) is 0 Å². The second-order valence-electron chi connectivity index (χ2n) is 3.78. The van der Waals surface area contributed by atoms with Crippen LogP contribution in [-0.4, -0.2) is 16.1 Å². The Morgan fingerprint density at radius 1 is 1.57 bits per heavy atom. The zero-order chi connectivity index (χ0) is 9.97. The molecule has 14 heavy (non-hydrogen) atoms. The molecular formula is C10H13NO3. The van der Waals surface area contributed by atoms with Gasteiger partial charge in [0.05, 0.1) is 6.20 Å². The zero-order valence-corrected chi connectivity index (χ0v) is 7.90. The zero-order valence-electron chi connectivity index (χ0n) is 7.90. The van der Waals surface area contributed by atoms with E-state index < -0.39 is 5.97 Å². The lowest BCUT2D eigenvalue weighted by Gasteiger charge is -2.03. The predicted molar refractivity (Wildman–Crippen MR) is 49.1 cm³/mol. The number of aromatic carboxylic acids is 1. The highest BCUT2D eigenvalue weighted by atomic mass is 16.4. The molecule has 1 aromatic rings. The van der Waals surface area contributed by atoms with Crippen LogP contribution in [0.1, 0.15) is 42.1 Å². The molecule has 0 bridgehead atoms. The normalized spacial score (nSPS) is 17.4. The maximum absolute atomic E-state index is 10.5. The van der Waals surface area contributed by atoms with Crippen molar-refractivity contribution in [1.29, 1.82) is 0 Å². The molecule has 4 nitrogen and oxygen atoms in total. The molecule has 1 N–H and O–H groups in total. The van der Waals surface area contributed by atoms with Gasteiger partial charge in [-0.25, -0.2) is 9.78 Å². The van der Waals surface area contributed by atoms with Crippen LogP contribution in [0.5, 0.6) is 0 Å². The van der Waals surface area contributed by atoms with E-state index in [0.29, 0.717) is 11.8 Å². The molecule has 1 aliphatic carbocycles. The van der Waals surface area contributed by atoms with Crippen LogP contribution in [0.15, 0.2) is 10.6 Å². The van der Waals surface area contributed by atoms with E-state index in [1.54, 1.807) is 0 Å². The number of carbonyl (C=O) groups is 1. The molecule has 76 valence electrons. The standard InChI is InChI=1S/C10H13NO3/c12-10(13)8-6-11-9(14-8)5-7-3-1-2-4-7/h6-7H,1-5H2,(H,12,13). The van der Waals surface area contributed by atoms with Gasteiger partial charge in [-0.1, -0.05) is 12.8 Å². The van der Waals surface area contributed by atoms with Gasteiger partial charge in [-0.2, -0.15) is 0 Å². The molecule has 1 aromatic heterocycles. The number of carboxylic acid groups (broad SMARTS) is 1. The third kappa shape index (κ3) is 1.95. The summed E-state index contributed by atoms with van der Waals surface area (Å²) in [7, 11) is 0. The fourth-order valence-electron chi connectivity index (χ4n) is 1.96. The van der Waals surface area contributed by atoms with E-state index in [-0.39, 0.29) is 5.76 Å². The molecule has 2 rings (SSSR count). The monoisotopic (exact) mass is 195 g/mol. The van der Waals surface area contributed by atoms with Gasteiger partial charge < -0.3 is 9.52 Å². The second kappa shape index (κ2) is 3.82. The highest BCUT2D eigenvalue weighted by Gasteiger charge is 2.19. The fourth-order valence-corrected chi connectivity index (χ4v) is 1.96. The maximum atomic E-state index is 10.5. The highest BCUT2D eigenvalue weighted by molar-refractivity contribution is 5.83. The Balaban J connectivity index is 1.98. The molecule has 1 fully saturated rings. The van der Waals surface area contributed by atoms with Gasteiger partial charge in [-0.3, -0.25) is 0 Å². The number of aromatic nitrogens is 1. The third-order valence-electron chi connectivity index (χ3n) is 2.70. The summed E-state index contributed by atoms with van der Waals surface area (Å²) < 4.78 is 5.10. The second-order valence-corrected chi connectivity index (χ2v) is 3.78. The lowest BCUT2D eigenvalue weighted by Crippen LogP contribution is -1.98. The predicted octanol–water partition coefficient (Wildman–Crippen LogP) is 2.11. The van der Waals surface area contributed by atoms with Crippen LogP contribution in [-0.2, 0) is 6.42 Å². The van der Waals surface area contributed by atoms with Crippen molar-refractivity contribution in [3.05, 3.63) is 17.8 Å². The average molecular weight is 195 g/mol. The van der Waals surface area contributed by atoms with Crippen LogP contribution in [0.25, 0.3) is 0 Å². The summed E-state index contributed by atoms with van der Waals surface area (Å²) in [6, 6.07) is 0. The Morgan fingerprint density at radius 2 is 2.29 bits per heavy atom. The summed E-state index contributed by atoms with van der Waals surface area (Å²) in [5, 5.41) is 8.63. The summed E-state index contributed by atoms with van der Waals surface area (Å²) in [5.41, 5.74) is 0. The summed E-state index contributed by atoms with van der Waals surface area (Å²) in [6.45, 7) is 0. The lowest BCUT2D eigenvalue weighted by atomic mass is 10.0. The minimum Gasteiger partial charge on any atom is -0.475 e. The Hall–Kier alpha value is -1.32. The van der Waals surface area contributed by atoms with Gasteiger partial charge >= 0.3 is 5.97 Å². The van der Waals surface area contributed by atoms with E-state index in [0.717, 1.165) is 6.42 Å². The number of carboxylic acids is 1. The Morgan fingerprint density at radius 3 is 2.86 bits per heavy atom. The Kier molecular flexibility index (Phi) is 2.52. The van der Waals surface area contributed by atoms with E-state index in [1.165, 1.54) is 31.9 Å². The van der Waals surface area contributed by atoms with E-state index in [9.17, 15) is 4.79 Å². The minimum atomic E-state index is -1.05. The van der Waals surface area contributed by atoms with Crippen molar-refractivity contribution in [3.8, 4) is 0 Å². The summed E-state index contributed by atoms with van der Waals surface area (Å²) >= 11 is 0. The first-order valence-electron chi connectivity index (χ1n) is 4.93. The highest BCUT2D eigenvalue weighted by Crippen LogP contribution is 2.27. The third-order valence-corrected chi connectivity index (χ3v) is 2.70. The smallest absolute Gasteiger partial charge is 0.373 e. The number of oxazole rings is 1. The van der Waals surface area contributed by atoms with E-state index >= 15 is 0 Å². The molecule has 0 amide bonds. The van der Waals surface area contributed by atoms with Crippen molar-refractivity contribution in [1.82, 2.24) is 4.98 Å². The van der Waals surface area contributed by atoms with E-state index in [2.05, 4.69) is 4.98 Å². The van der Waals surface area contributed by atoms with Crippen LogP contribution in [0.3, 0.4) is 0 Å². The number of rotatable bonds is 3. The molecule has 4 heteroatoms. The molecule has 0 aliphatic heterocycles. The van der Waals surface area contributed by atoms with Gasteiger partial charge in [-0.05, 0) is 18.8 Å². The summed E-state index contributed by atoms with van der Waals surface area (Å²) in [4.78, 5) is 14.5. The molecule has 1 heterocycles. The first-order valence-corrected chi connectivity index (χ1v) is 4.93. The number of hydrogen-bond donors (Lipinski definition) is 1. The van der Waals surface area contributed by atoms with E-state index in [1.807, 2.05) is 0 Å². The van der Waals surface area contributed by atoms with Crippen LogP contribution in [0, 0.1) is 5.92 Å². The van der Waals surface area contributed by atoms with Crippen molar-refractivity contribution in [2.75, 3.05) is 0 Å². The van der Waals surface area contributed by atoms with Gasteiger partial charge in [0, 0.05) is 6.42 Å². The van der Waals surface area contributed by atoms with Crippen LogP contribution >= 0.6 is 0 Å². The van der Waals surface area contributed by atoms with Crippen molar-refractivity contribution in [2.45, 2.75) is 32.1 Å². The SMILES string of the molecule is O=C(O)c1cnc(CC2CCCC2)o1. The van der Waals surface area contributed by atoms with Gasteiger partial charge in [0.1, 0.15) is 0 Å². The van der Waals surface area contributed by atoms with Crippen molar-refractivity contribution >= 4 is 5.97 Å². The summed E-state index contributed by atoms with van der Waals surface area (Å²) in [5.74, 6) is 0.0952. The van der Waals surface area contributed by atoms with Crippen molar-refractivity contribution in [3.63, 3.8) is 0 Å². The first-order chi connectivity index (χ1) is 6.75. The minimum absolute atomic E-state index is 0.0574. The molecule has 0 atom stereocenters. The van der Waals surface area contributed by atoms with Crippen LogP contribution in [0.2, 0.25) is 0 Å². The Labute approximate surface area is 81.9 Å². The Bertz CT molecular complexity index is 326. The molecule has 1 aliphatic rings. The largest absolute Gasteiger partial charge is 0.475 e. The molecular weight excluding hydrogens is 182 g/mol. The number of nitrogens with zero attached hydrogens (tertiary/aromatic N) is 1. The molecule has 1 saturated carbocycles. The first kappa shape index (κ1) is 9.24. The molecule has 0 saturated heterocycles. The van der Waals surface area contributed by atoms with Crippen molar-refractivity contribution < 1.29 is 14.3 Å².